The molecule has 0 unspecified atom stereocenters. The number of hydrogen-bond acceptors (Lipinski definition) is 4. The summed E-state index contributed by atoms with van der Waals surface area (Å²) < 4.78 is 0. The van der Waals surface area contributed by atoms with E-state index < -0.39 is 5.97 Å². The van der Waals surface area contributed by atoms with Gasteiger partial charge in [0.05, 0.1) is 6.54 Å². The number of amides is 1. The molecule has 2 rings (SSSR count). The van der Waals surface area contributed by atoms with Gasteiger partial charge in [0, 0.05) is 11.4 Å². The van der Waals surface area contributed by atoms with E-state index in [9.17, 15) is 9.59 Å². The predicted molar refractivity (Wildman–Crippen MR) is 75.9 cm³/mol. The van der Waals surface area contributed by atoms with Gasteiger partial charge in [0.15, 0.2) is 0 Å². The second-order valence-electron chi connectivity index (χ2n) is 4.11. The Bertz CT molecular complexity index is 611. The summed E-state index contributed by atoms with van der Waals surface area (Å²) >= 11 is 1.58. The zero-order valence-electron chi connectivity index (χ0n) is 10.9. The number of carbonyl (C=O) groups excluding carboxylic acids is 1. The van der Waals surface area contributed by atoms with E-state index in [1.807, 2.05) is 24.4 Å². The third-order valence-corrected chi connectivity index (χ3v) is 3.64. The molecule has 1 N–H and O–H groups in total. The Kier molecular flexibility index (Phi) is 4.47. The molecular formula is C14H14N2O3S. The van der Waals surface area contributed by atoms with Gasteiger partial charge in [-0.15, -0.1) is 11.3 Å². The van der Waals surface area contributed by atoms with Crippen molar-refractivity contribution in [2.45, 2.75) is 13.5 Å². The molecule has 0 fully saturated rings. The van der Waals surface area contributed by atoms with E-state index in [4.69, 9.17) is 5.11 Å². The number of thiophene rings is 1. The molecular weight excluding hydrogens is 276 g/mol. The minimum Gasteiger partial charge on any atom is -0.477 e. The van der Waals surface area contributed by atoms with Crippen molar-refractivity contribution >= 4 is 23.2 Å². The molecule has 6 heteroatoms. The molecule has 2 aromatic heterocycles. The van der Waals surface area contributed by atoms with E-state index in [1.54, 1.807) is 16.2 Å². The van der Waals surface area contributed by atoms with Crippen molar-refractivity contribution in [1.29, 1.82) is 0 Å². The maximum Gasteiger partial charge on any atom is 0.354 e. The Hall–Kier alpha value is -2.21. The third kappa shape index (κ3) is 3.21. The van der Waals surface area contributed by atoms with Gasteiger partial charge < -0.3 is 10.0 Å². The van der Waals surface area contributed by atoms with Crippen LogP contribution in [-0.2, 0) is 6.54 Å². The number of aromatic carboxylic acids is 1. The van der Waals surface area contributed by atoms with Crippen molar-refractivity contribution in [2.24, 2.45) is 0 Å². The van der Waals surface area contributed by atoms with Crippen LogP contribution >= 0.6 is 11.3 Å². The monoisotopic (exact) mass is 290 g/mol. The van der Waals surface area contributed by atoms with Crippen LogP contribution in [0.25, 0.3) is 0 Å². The first-order valence-corrected chi connectivity index (χ1v) is 7.01. The molecule has 2 heterocycles. The standard InChI is InChI=1S/C14H14N2O3S/c1-2-16(9-10-5-4-8-20-10)13(17)11-6-3-7-12(15-11)14(18)19/h3-8H,2,9H2,1H3,(H,18,19). The molecule has 0 atom stereocenters. The Labute approximate surface area is 120 Å². The molecule has 0 spiro atoms. The van der Waals surface area contributed by atoms with Crippen LogP contribution < -0.4 is 0 Å². The molecule has 0 saturated heterocycles. The Balaban J connectivity index is 2.19. The van der Waals surface area contributed by atoms with Crippen molar-refractivity contribution in [3.05, 3.63) is 52.0 Å². The Morgan fingerprint density at radius 3 is 2.60 bits per heavy atom. The van der Waals surface area contributed by atoms with E-state index in [2.05, 4.69) is 4.98 Å². The highest BCUT2D eigenvalue weighted by Crippen LogP contribution is 2.14. The zero-order chi connectivity index (χ0) is 14.5. The van der Waals surface area contributed by atoms with E-state index in [-0.39, 0.29) is 17.3 Å². The second-order valence-corrected chi connectivity index (χ2v) is 5.14. The van der Waals surface area contributed by atoms with Gasteiger partial charge >= 0.3 is 5.97 Å². The lowest BCUT2D eigenvalue weighted by Gasteiger charge is -2.19. The molecule has 0 radical (unpaired) electrons. The minimum absolute atomic E-state index is 0.122. The van der Waals surface area contributed by atoms with Gasteiger partial charge in [-0.1, -0.05) is 12.1 Å². The molecule has 2 aromatic rings. The lowest BCUT2D eigenvalue weighted by atomic mass is 10.2. The summed E-state index contributed by atoms with van der Waals surface area (Å²) in [6.45, 7) is 2.92. The van der Waals surface area contributed by atoms with Crippen LogP contribution in [0.1, 0.15) is 32.8 Å². The fraction of sp³-hybridized carbons (Fsp3) is 0.214. The highest BCUT2D eigenvalue weighted by atomic mass is 32.1. The molecule has 0 bridgehead atoms. The van der Waals surface area contributed by atoms with Gasteiger partial charge in [-0.3, -0.25) is 4.79 Å². The summed E-state index contributed by atoms with van der Waals surface area (Å²) in [5.41, 5.74) is 0.0336. The predicted octanol–water partition coefficient (Wildman–Crippen LogP) is 2.50. The van der Waals surface area contributed by atoms with E-state index >= 15 is 0 Å². The van der Waals surface area contributed by atoms with Gasteiger partial charge in [-0.25, -0.2) is 9.78 Å². The molecule has 0 aromatic carbocycles. The van der Waals surface area contributed by atoms with E-state index in [1.165, 1.54) is 18.2 Å². The molecule has 5 nitrogen and oxygen atoms in total. The first-order chi connectivity index (χ1) is 9.61. The van der Waals surface area contributed by atoms with Crippen molar-refractivity contribution in [1.82, 2.24) is 9.88 Å². The fourth-order valence-corrected chi connectivity index (χ4v) is 2.47. The van der Waals surface area contributed by atoms with Crippen LogP contribution in [0.3, 0.4) is 0 Å². The summed E-state index contributed by atoms with van der Waals surface area (Å²) in [5.74, 6) is -1.40. The third-order valence-electron chi connectivity index (χ3n) is 2.78. The van der Waals surface area contributed by atoms with Crippen molar-refractivity contribution in [3.63, 3.8) is 0 Å². The van der Waals surface area contributed by atoms with Crippen molar-refractivity contribution in [3.8, 4) is 0 Å². The van der Waals surface area contributed by atoms with Crippen molar-refractivity contribution in [2.75, 3.05) is 6.54 Å². The summed E-state index contributed by atoms with van der Waals surface area (Å²) in [6, 6.07) is 8.33. The number of pyridine rings is 1. The van der Waals surface area contributed by atoms with Crippen LogP contribution in [0.5, 0.6) is 0 Å². The van der Waals surface area contributed by atoms with Crippen LogP contribution in [0.4, 0.5) is 0 Å². The van der Waals surface area contributed by atoms with Crippen molar-refractivity contribution < 1.29 is 14.7 Å². The van der Waals surface area contributed by atoms with Crippen LogP contribution in [0, 0.1) is 0 Å². The lowest BCUT2D eigenvalue weighted by Crippen LogP contribution is -2.31. The molecule has 20 heavy (non-hydrogen) atoms. The molecule has 0 aliphatic heterocycles. The second kappa shape index (κ2) is 6.29. The fourth-order valence-electron chi connectivity index (χ4n) is 1.75. The number of nitrogens with zero attached hydrogens (tertiary/aromatic N) is 2. The maximum atomic E-state index is 12.4. The van der Waals surface area contributed by atoms with Gasteiger partial charge in [0.2, 0.25) is 0 Å². The molecule has 0 aliphatic carbocycles. The quantitative estimate of drug-likeness (QED) is 0.918. The lowest BCUT2D eigenvalue weighted by molar-refractivity contribution is 0.0689. The normalized spacial score (nSPS) is 10.2. The molecule has 104 valence electrons. The highest BCUT2D eigenvalue weighted by Gasteiger charge is 2.17. The summed E-state index contributed by atoms with van der Waals surface area (Å²) in [4.78, 5) is 29.8. The largest absolute Gasteiger partial charge is 0.477 e. The average Bonchev–Trinajstić information content (AvgIpc) is 2.97. The SMILES string of the molecule is CCN(Cc1cccs1)C(=O)c1cccc(C(=O)O)n1. The topological polar surface area (TPSA) is 70.5 Å². The zero-order valence-corrected chi connectivity index (χ0v) is 11.8. The van der Waals surface area contributed by atoms with Gasteiger partial charge in [-0.05, 0) is 30.5 Å². The number of hydrogen-bond donors (Lipinski definition) is 1. The van der Waals surface area contributed by atoms with Gasteiger partial charge in [0.1, 0.15) is 11.4 Å². The summed E-state index contributed by atoms with van der Waals surface area (Å²) in [6.07, 6.45) is 0. The van der Waals surface area contributed by atoms with E-state index in [0.717, 1.165) is 4.88 Å². The first kappa shape index (κ1) is 14.2. The number of carboxylic acid groups (broad SMARTS) is 1. The van der Waals surface area contributed by atoms with Crippen LogP contribution in [0.15, 0.2) is 35.7 Å². The smallest absolute Gasteiger partial charge is 0.354 e. The van der Waals surface area contributed by atoms with Crippen LogP contribution in [0.2, 0.25) is 0 Å². The minimum atomic E-state index is -1.14. The molecule has 1 amide bonds. The summed E-state index contributed by atoms with van der Waals surface area (Å²) in [5, 5.41) is 10.9. The molecule has 0 aliphatic rings. The number of rotatable bonds is 5. The maximum absolute atomic E-state index is 12.4. The number of carboxylic acids is 1. The van der Waals surface area contributed by atoms with Crippen LogP contribution in [-0.4, -0.2) is 33.4 Å². The van der Waals surface area contributed by atoms with Gasteiger partial charge in [0.25, 0.3) is 5.91 Å². The Morgan fingerprint density at radius 1 is 1.25 bits per heavy atom. The van der Waals surface area contributed by atoms with E-state index in [0.29, 0.717) is 13.1 Å². The number of aromatic nitrogens is 1. The molecule has 0 saturated carbocycles. The Morgan fingerprint density at radius 2 is 2.00 bits per heavy atom. The number of carbonyl (C=O) groups is 2. The summed E-state index contributed by atoms with van der Waals surface area (Å²) in [7, 11) is 0. The first-order valence-electron chi connectivity index (χ1n) is 6.13. The highest BCUT2D eigenvalue weighted by molar-refractivity contribution is 7.09. The van der Waals surface area contributed by atoms with Gasteiger partial charge in [-0.2, -0.15) is 0 Å². The average molecular weight is 290 g/mol.